The predicted molar refractivity (Wildman–Crippen MR) is 96.1 cm³/mol. The molecule has 0 aromatic carbocycles. The van der Waals surface area contributed by atoms with E-state index < -0.39 is 0 Å². The topological polar surface area (TPSA) is 102 Å². The molecule has 27 heavy (non-hydrogen) atoms. The molecule has 146 valence electrons. The Morgan fingerprint density at radius 2 is 2.26 bits per heavy atom. The first-order chi connectivity index (χ1) is 12.9. The second kappa shape index (κ2) is 8.34. The van der Waals surface area contributed by atoms with Gasteiger partial charge in [0.25, 0.3) is 5.91 Å². The zero-order chi connectivity index (χ0) is 19.4. The van der Waals surface area contributed by atoms with E-state index in [-0.39, 0.29) is 30.2 Å². The van der Waals surface area contributed by atoms with Gasteiger partial charge in [-0.15, -0.1) is 0 Å². The molecule has 0 saturated carbocycles. The van der Waals surface area contributed by atoms with Crippen molar-refractivity contribution in [3.8, 4) is 0 Å². The van der Waals surface area contributed by atoms with E-state index in [2.05, 4.69) is 29.4 Å². The van der Waals surface area contributed by atoms with Gasteiger partial charge in [-0.2, -0.15) is 5.10 Å². The van der Waals surface area contributed by atoms with Crippen LogP contribution < -0.4 is 5.32 Å². The van der Waals surface area contributed by atoms with Crippen LogP contribution in [0.15, 0.2) is 23.0 Å². The molecular formula is C18H25N5O4. The summed E-state index contributed by atoms with van der Waals surface area (Å²) < 4.78 is 12.4. The van der Waals surface area contributed by atoms with E-state index in [0.29, 0.717) is 37.9 Å². The molecule has 3 rings (SSSR count). The molecule has 0 bridgehead atoms. The number of aryl methyl sites for hydroxylation is 1. The van der Waals surface area contributed by atoms with E-state index in [1.807, 2.05) is 13.1 Å². The van der Waals surface area contributed by atoms with Crippen LogP contribution in [0.1, 0.15) is 35.7 Å². The van der Waals surface area contributed by atoms with Crippen molar-refractivity contribution in [3.05, 3.63) is 35.5 Å². The maximum absolute atomic E-state index is 12.3. The molecule has 0 aliphatic carbocycles. The lowest BCUT2D eigenvalue weighted by Crippen LogP contribution is -2.51. The maximum atomic E-state index is 12.3. The molecule has 1 aliphatic heterocycles. The van der Waals surface area contributed by atoms with Crippen LogP contribution in [-0.4, -0.2) is 64.0 Å². The average molecular weight is 375 g/mol. The summed E-state index contributed by atoms with van der Waals surface area (Å²) in [5.41, 5.74) is 1.25. The number of hydrogen-bond donors (Lipinski definition) is 1. The lowest BCUT2D eigenvalue weighted by Gasteiger charge is -2.33. The summed E-state index contributed by atoms with van der Waals surface area (Å²) >= 11 is 0. The van der Waals surface area contributed by atoms with Crippen LogP contribution in [0.5, 0.6) is 0 Å². The van der Waals surface area contributed by atoms with Crippen LogP contribution >= 0.6 is 0 Å². The van der Waals surface area contributed by atoms with E-state index in [9.17, 15) is 9.59 Å². The molecule has 2 aromatic rings. The molecule has 1 fully saturated rings. The molecule has 9 heteroatoms. The van der Waals surface area contributed by atoms with Crippen LogP contribution in [0.2, 0.25) is 0 Å². The van der Waals surface area contributed by atoms with Crippen LogP contribution in [0.3, 0.4) is 0 Å². The summed E-state index contributed by atoms with van der Waals surface area (Å²) in [4.78, 5) is 25.9. The highest BCUT2D eigenvalue weighted by atomic mass is 16.5. The minimum Gasteiger partial charge on any atom is -0.365 e. The van der Waals surface area contributed by atoms with Crippen molar-refractivity contribution in [1.82, 2.24) is 25.2 Å². The summed E-state index contributed by atoms with van der Waals surface area (Å²) in [5.74, 6) is 0.583. The Bertz CT molecular complexity index is 797. The van der Waals surface area contributed by atoms with Gasteiger partial charge in [-0.3, -0.25) is 14.3 Å². The van der Waals surface area contributed by atoms with Gasteiger partial charge in [0, 0.05) is 31.9 Å². The molecule has 1 N–H and O–H groups in total. The van der Waals surface area contributed by atoms with Gasteiger partial charge in [0.1, 0.15) is 13.2 Å². The van der Waals surface area contributed by atoms with Crippen LogP contribution in [-0.2, 0) is 16.1 Å². The van der Waals surface area contributed by atoms with Crippen molar-refractivity contribution >= 4 is 11.8 Å². The second-order valence-electron chi connectivity index (χ2n) is 7.23. The predicted octanol–water partition coefficient (Wildman–Crippen LogP) is 0.841. The standard InChI is InChI=1S/C18H25N5O4/c1-12(2)7-22-9-15(26-11-17(22)24)6-19-18(25)16-4-14(27-21-16)10-23-8-13(3)5-20-23/h4-5,8,12,15H,6-7,9-11H2,1-3H3,(H,19,25). The second-order valence-corrected chi connectivity index (χ2v) is 7.23. The normalized spacial score (nSPS) is 17.6. The number of aromatic nitrogens is 3. The summed E-state index contributed by atoms with van der Waals surface area (Å²) in [7, 11) is 0. The Balaban J connectivity index is 1.50. The van der Waals surface area contributed by atoms with E-state index >= 15 is 0 Å². The largest absolute Gasteiger partial charge is 0.365 e. The van der Waals surface area contributed by atoms with Crippen LogP contribution in [0.25, 0.3) is 0 Å². The maximum Gasteiger partial charge on any atom is 0.273 e. The first-order valence-electron chi connectivity index (χ1n) is 9.03. The number of ether oxygens (including phenoxy) is 1. The Kier molecular flexibility index (Phi) is 5.90. The van der Waals surface area contributed by atoms with E-state index in [1.54, 1.807) is 21.8 Å². The number of amides is 2. The number of morpholine rings is 1. The van der Waals surface area contributed by atoms with E-state index in [0.717, 1.165) is 5.56 Å². The molecule has 2 amide bonds. The van der Waals surface area contributed by atoms with Gasteiger partial charge in [0.05, 0.1) is 12.3 Å². The first-order valence-corrected chi connectivity index (χ1v) is 9.03. The van der Waals surface area contributed by atoms with E-state index in [4.69, 9.17) is 9.26 Å². The lowest BCUT2D eigenvalue weighted by molar-refractivity contribution is -0.149. The third kappa shape index (κ3) is 5.16. The Labute approximate surface area is 157 Å². The zero-order valence-corrected chi connectivity index (χ0v) is 15.8. The molecular weight excluding hydrogens is 350 g/mol. The SMILES string of the molecule is Cc1cnn(Cc2cc(C(=O)NCC3CN(CC(C)C)C(=O)CO3)no2)c1. The van der Waals surface area contributed by atoms with Crippen LogP contribution in [0.4, 0.5) is 0 Å². The number of hydrogen-bond acceptors (Lipinski definition) is 6. The van der Waals surface area contributed by atoms with Gasteiger partial charge in [0.15, 0.2) is 11.5 Å². The minimum absolute atomic E-state index is 0.0127. The molecule has 9 nitrogen and oxygen atoms in total. The fraction of sp³-hybridized carbons (Fsp3) is 0.556. The number of rotatable bonds is 7. The Morgan fingerprint density at radius 3 is 2.96 bits per heavy atom. The smallest absolute Gasteiger partial charge is 0.273 e. The van der Waals surface area contributed by atoms with Crippen LogP contribution in [0, 0.1) is 12.8 Å². The van der Waals surface area contributed by atoms with Crippen molar-refractivity contribution < 1.29 is 18.8 Å². The number of nitrogens with zero attached hydrogens (tertiary/aromatic N) is 4. The van der Waals surface area contributed by atoms with Crippen molar-refractivity contribution in [2.45, 2.75) is 33.4 Å². The van der Waals surface area contributed by atoms with Gasteiger partial charge >= 0.3 is 0 Å². The molecule has 2 aromatic heterocycles. The third-order valence-electron chi connectivity index (χ3n) is 4.17. The van der Waals surface area contributed by atoms with Gasteiger partial charge < -0.3 is 19.5 Å². The van der Waals surface area contributed by atoms with Crippen molar-refractivity contribution in [3.63, 3.8) is 0 Å². The summed E-state index contributed by atoms with van der Waals surface area (Å²) in [5, 5.41) is 10.8. The fourth-order valence-corrected chi connectivity index (χ4v) is 2.93. The summed E-state index contributed by atoms with van der Waals surface area (Å²) in [6.45, 7) is 7.99. The molecule has 1 atom stereocenters. The summed E-state index contributed by atoms with van der Waals surface area (Å²) in [6, 6.07) is 1.60. The Morgan fingerprint density at radius 1 is 1.44 bits per heavy atom. The van der Waals surface area contributed by atoms with Crippen molar-refractivity contribution in [2.75, 3.05) is 26.2 Å². The highest BCUT2D eigenvalue weighted by Crippen LogP contribution is 2.10. The summed E-state index contributed by atoms with van der Waals surface area (Å²) in [6.07, 6.45) is 3.40. The lowest BCUT2D eigenvalue weighted by atomic mass is 10.1. The molecule has 1 unspecified atom stereocenters. The zero-order valence-electron chi connectivity index (χ0n) is 15.8. The average Bonchev–Trinajstić information content (AvgIpc) is 3.24. The monoisotopic (exact) mass is 375 g/mol. The quantitative estimate of drug-likeness (QED) is 0.769. The van der Waals surface area contributed by atoms with E-state index in [1.165, 1.54) is 0 Å². The Hall–Kier alpha value is -2.68. The minimum atomic E-state index is -0.336. The molecule has 0 spiro atoms. The molecule has 0 radical (unpaired) electrons. The van der Waals surface area contributed by atoms with Gasteiger partial charge in [-0.25, -0.2) is 0 Å². The first kappa shape index (κ1) is 19.1. The van der Waals surface area contributed by atoms with Crippen molar-refractivity contribution in [1.29, 1.82) is 0 Å². The number of carbonyl (C=O) groups is 2. The highest BCUT2D eigenvalue weighted by Gasteiger charge is 2.27. The molecule has 1 saturated heterocycles. The number of nitrogens with one attached hydrogen (secondary N) is 1. The highest BCUT2D eigenvalue weighted by molar-refractivity contribution is 5.92. The molecule has 1 aliphatic rings. The van der Waals surface area contributed by atoms with Crippen molar-refractivity contribution in [2.24, 2.45) is 5.92 Å². The number of carbonyl (C=O) groups excluding carboxylic acids is 2. The van der Waals surface area contributed by atoms with Gasteiger partial charge in [-0.05, 0) is 18.4 Å². The van der Waals surface area contributed by atoms with Gasteiger partial charge in [-0.1, -0.05) is 19.0 Å². The fourth-order valence-electron chi connectivity index (χ4n) is 2.93. The van der Waals surface area contributed by atoms with Gasteiger partial charge in [0.2, 0.25) is 5.91 Å². The molecule has 3 heterocycles. The third-order valence-corrected chi connectivity index (χ3v) is 4.17.